The van der Waals surface area contributed by atoms with Crippen LogP contribution >= 0.6 is 0 Å². The van der Waals surface area contributed by atoms with E-state index in [-0.39, 0.29) is 6.54 Å². The molecule has 0 fully saturated rings. The number of hydrogen-bond acceptors (Lipinski definition) is 2. The van der Waals surface area contributed by atoms with Gasteiger partial charge in [-0.1, -0.05) is 30.3 Å². The Morgan fingerprint density at radius 3 is 2.00 bits per heavy atom. The van der Waals surface area contributed by atoms with Crippen LogP contribution in [0.5, 0.6) is 0 Å². The largest absolute Gasteiger partial charge is 0.347 e. The predicted molar refractivity (Wildman–Crippen MR) is 78.1 cm³/mol. The second kappa shape index (κ2) is 7.57. The highest BCUT2D eigenvalue weighted by Crippen LogP contribution is 2.24. The normalized spacial score (nSPS) is 11.1. The van der Waals surface area contributed by atoms with E-state index in [0.717, 1.165) is 0 Å². The maximum absolute atomic E-state index is 13.6. The zero-order valence-electron chi connectivity index (χ0n) is 12.4. The van der Waals surface area contributed by atoms with E-state index in [1.54, 1.807) is 30.3 Å². The molecule has 0 atom stereocenters. The van der Waals surface area contributed by atoms with Gasteiger partial charge in [-0.25, -0.2) is 22.0 Å². The van der Waals surface area contributed by atoms with Crippen LogP contribution in [0.3, 0.4) is 0 Å². The number of nitrogens with zero attached hydrogens (tertiary/aromatic N) is 1. The molecule has 1 N–H and O–H groups in total. The van der Waals surface area contributed by atoms with Crippen LogP contribution in [0, 0.1) is 40.4 Å². The monoisotopic (exact) mass is 352 g/mol. The first-order valence-electron chi connectivity index (χ1n) is 6.82. The maximum Gasteiger partial charge on any atom is 0.262 e. The molecular formula is C17H9F5N2O. The van der Waals surface area contributed by atoms with Gasteiger partial charge in [-0.2, -0.15) is 5.26 Å². The molecule has 0 spiro atoms. The number of halogens is 5. The molecule has 2 aromatic carbocycles. The first-order chi connectivity index (χ1) is 11.9. The van der Waals surface area contributed by atoms with E-state index in [4.69, 9.17) is 5.26 Å². The lowest BCUT2D eigenvalue weighted by molar-refractivity contribution is -0.117. The van der Waals surface area contributed by atoms with Gasteiger partial charge in [0.15, 0.2) is 23.3 Å². The van der Waals surface area contributed by atoms with Gasteiger partial charge in [0.1, 0.15) is 11.6 Å². The third-order valence-electron chi connectivity index (χ3n) is 3.19. The van der Waals surface area contributed by atoms with Crippen molar-refractivity contribution in [3.63, 3.8) is 0 Å². The van der Waals surface area contributed by atoms with E-state index >= 15 is 0 Å². The number of benzene rings is 2. The van der Waals surface area contributed by atoms with Crippen molar-refractivity contribution in [2.75, 3.05) is 0 Å². The molecule has 2 rings (SSSR count). The molecule has 0 unspecified atom stereocenters. The molecule has 25 heavy (non-hydrogen) atoms. The Morgan fingerprint density at radius 1 is 0.960 bits per heavy atom. The van der Waals surface area contributed by atoms with Crippen molar-refractivity contribution in [2.45, 2.75) is 6.54 Å². The third kappa shape index (κ3) is 3.83. The quantitative estimate of drug-likeness (QED) is 0.301. The minimum atomic E-state index is -2.32. The predicted octanol–water partition coefficient (Wildman–Crippen LogP) is 3.61. The third-order valence-corrected chi connectivity index (χ3v) is 3.19. The maximum atomic E-state index is 13.6. The van der Waals surface area contributed by atoms with Gasteiger partial charge < -0.3 is 5.32 Å². The van der Waals surface area contributed by atoms with E-state index in [0.29, 0.717) is 11.6 Å². The minimum Gasteiger partial charge on any atom is -0.347 e. The molecule has 1 amide bonds. The van der Waals surface area contributed by atoms with Gasteiger partial charge >= 0.3 is 0 Å². The summed E-state index contributed by atoms with van der Waals surface area (Å²) in [6, 6.07) is 9.89. The van der Waals surface area contributed by atoms with E-state index < -0.39 is 46.1 Å². The summed E-state index contributed by atoms with van der Waals surface area (Å²) < 4.78 is 66.5. The van der Waals surface area contributed by atoms with Gasteiger partial charge in [0, 0.05) is 6.54 Å². The summed E-state index contributed by atoms with van der Waals surface area (Å²) in [5.41, 5.74) is -1.48. The van der Waals surface area contributed by atoms with Gasteiger partial charge in [0.25, 0.3) is 5.91 Å². The van der Waals surface area contributed by atoms with Crippen LogP contribution in [0.25, 0.3) is 6.08 Å². The van der Waals surface area contributed by atoms with Crippen LogP contribution < -0.4 is 5.32 Å². The number of carbonyl (C=O) groups is 1. The summed E-state index contributed by atoms with van der Waals surface area (Å²) in [7, 11) is 0. The van der Waals surface area contributed by atoms with Gasteiger partial charge in [0.05, 0.1) is 5.56 Å². The first-order valence-corrected chi connectivity index (χ1v) is 6.82. The Labute approximate surface area is 139 Å². The summed E-state index contributed by atoms with van der Waals surface area (Å²) in [5, 5.41) is 11.3. The molecule has 0 aliphatic carbocycles. The number of rotatable bonds is 4. The Balaban J connectivity index is 2.32. The average molecular weight is 352 g/mol. The Hall–Kier alpha value is -3.21. The van der Waals surface area contributed by atoms with Crippen LogP contribution in [-0.2, 0) is 11.3 Å². The minimum absolute atomic E-state index is 0.00972. The van der Waals surface area contributed by atoms with Crippen molar-refractivity contribution in [1.29, 1.82) is 5.26 Å². The molecule has 128 valence electrons. The van der Waals surface area contributed by atoms with Crippen LogP contribution in [0.2, 0.25) is 0 Å². The summed E-state index contributed by atoms with van der Waals surface area (Å²) >= 11 is 0. The van der Waals surface area contributed by atoms with Gasteiger partial charge in [-0.05, 0) is 11.6 Å². The molecule has 0 radical (unpaired) electrons. The van der Waals surface area contributed by atoms with Crippen LogP contribution in [0.4, 0.5) is 22.0 Å². The van der Waals surface area contributed by atoms with Crippen molar-refractivity contribution < 1.29 is 26.7 Å². The summed E-state index contributed by atoms with van der Waals surface area (Å²) in [4.78, 5) is 11.9. The lowest BCUT2D eigenvalue weighted by Crippen LogP contribution is -2.24. The molecule has 2 aromatic rings. The topological polar surface area (TPSA) is 52.9 Å². The zero-order chi connectivity index (χ0) is 18.6. The summed E-state index contributed by atoms with van der Waals surface area (Å²) in [5.74, 6) is -11.9. The number of nitriles is 1. The number of hydrogen-bond donors (Lipinski definition) is 1. The molecule has 0 saturated carbocycles. The second-order valence-corrected chi connectivity index (χ2v) is 4.82. The smallest absolute Gasteiger partial charge is 0.262 e. The van der Waals surface area contributed by atoms with Crippen molar-refractivity contribution in [2.24, 2.45) is 0 Å². The van der Waals surface area contributed by atoms with Crippen LogP contribution in [0.1, 0.15) is 11.1 Å². The van der Waals surface area contributed by atoms with Crippen LogP contribution in [-0.4, -0.2) is 5.91 Å². The first kappa shape index (κ1) is 18.1. The highest BCUT2D eigenvalue weighted by molar-refractivity contribution is 6.01. The fourth-order valence-electron chi connectivity index (χ4n) is 1.91. The van der Waals surface area contributed by atoms with E-state index in [2.05, 4.69) is 5.32 Å². The fraction of sp³-hybridized carbons (Fsp3) is 0.0588. The summed E-state index contributed by atoms with van der Waals surface area (Å²) in [6.45, 7) is 0.00972. The van der Waals surface area contributed by atoms with Gasteiger partial charge in [-0.15, -0.1) is 0 Å². The van der Waals surface area contributed by atoms with Crippen molar-refractivity contribution in [3.05, 3.63) is 76.1 Å². The van der Waals surface area contributed by atoms with E-state index in [9.17, 15) is 26.7 Å². The highest BCUT2D eigenvalue weighted by atomic mass is 19.2. The lowest BCUT2D eigenvalue weighted by Gasteiger charge is -2.07. The molecular weight excluding hydrogens is 343 g/mol. The second-order valence-electron chi connectivity index (χ2n) is 4.82. The Morgan fingerprint density at radius 2 is 1.48 bits per heavy atom. The number of amides is 1. The molecule has 0 saturated heterocycles. The van der Waals surface area contributed by atoms with Gasteiger partial charge in [-0.3, -0.25) is 4.79 Å². The highest BCUT2D eigenvalue weighted by Gasteiger charge is 2.25. The van der Waals surface area contributed by atoms with E-state index in [1.807, 2.05) is 0 Å². The fourth-order valence-corrected chi connectivity index (χ4v) is 1.91. The molecule has 3 nitrogen and oxygen atoms in total. The van der Waals surface area contributed by atoms with Crippen molar-refractivity contribution >= 4 is 12.0 Å². The van der Waals surface area contributed by atoms with Gasteiger partial charge in [0.2, 0.25) is 5.82 Å². The number of nitrogens with one attached hydrogen (secondary N) is 1. The molecule has 0 aliphatic heterocycles. The Bertz CT molecular complexity index is 859. The van der Waals surface area contributed by atoms with Crippen molar-refractivity contribution in [1.82, 2.24) is 5.32 Å². The molecule has 0 aliphatic rings. The number of carbonyl (C=O) groups excluding carboxylic acids is 1. The Kier molecular flexibility index (Phi) is 5.49. The SMILES string of the molecule is N#C/C(=C\c1c(F)c(F)c(F)c(F)c1F)C(=O)NCc1ccccc1. The lowest BCUT2D eigenvalue weighted by atomic mass is 10.1. The molecule has 0 heterocycles. The standard InChI is InChI=1S/C17H9F5N2O/c18-12-11(13(19)15(21)16(22)14(12)20)6-10(7-23)17(25)24-8-9-4-2-1-3-5-9/h1-6H,8H2,(H,24,25)/b10-6+. The van der Waals surface area contributed by atoms with E-state index in [1.165, 1.54) is 6.07 Å². The molecule has 8 heteroatoms. The van der Waals surface area contributed by atoms with Crippen LogP contribution in [0.15, 0.2) is 35.9 Å². The molecule has 0 bridgehead atoms. The molecule has 0 aromatic heterocycles. The summed E-state index contributed by atoms with van der Waals surface area (Å²) in [6.07, 6.45) is 0.316. The zero-order valence-corrected chi connectivity index (χ0v) is 12.4. The van der Waals surface area contributed by atoms with Crippen molar-refractivity contribution in [3.8, 4) is 6.07 Å². The average Bonchev–Trinajstić information content (AvgIpc) is 2.64.